The van der Waals surface area contributed by atoms with Crippen molar-refractivity contribution in [2.75, 3.05) is 6.54 Å². The highest BCUT2D eigenvalue weighted by Gasteiger charge is 2.02. The summed E-state index contributed by atoms with van der Waals surface area (Å²) in [4.78, 5) is 0. The molecule has 0 radical (unpaired) electrons. The second-order valence-electron chi connectivity index (χ2n) is 4.11. The molecular formula is C13H15Cl2N3. The molecule has 5 heteroatoms. The van der Waals surface area contributed by atoms with Crippen LogP contribution in [-0.2, 0) is 20.0 Å². The lowest BCUT2D eigenvalue weighted by molar-refractivity contribution is 0.626. The third-order valence-corrected chi connectivity index (χ3v) is 3.40. The summed E-state index contributed by atoms with van der Waals surface area (Å²) in [6.07, 6.45) is 2.68. The SMILES string of the molecule is Cn1nccc1CNCCc1ccc(Cl)cc1Cl. The van der Waals surface area contributed by atoms with Gasteiger partial charge in [-0.1, -0.05) is 29.3 Å². The lowest BCUT2D eigenvalue weighted by Gasteiger charge is -2.07. The lowest BCUT2D eigenvalue weighted by Crippen LogP contribution is -2.18. The normalized spacial score (nSPS) is 10.8. The van der Waals surface area contributed by atoms with Gasteiger partial charge in [-0.2, -0.15) is 5.10 Å². The Morgan fingerprint density at radius 3 is 2.78 bits per heavy atom. The van der Waals surface area contributed by atoms with Crippen LogP contribution in [0, 0.1) is 0 Å². The van der Waals surface area contributed by atoms with E-state index in [1.807, 2.05) is 29.9 Å². The molecule has 1 aromatic heterocycles. The Labute approximate surface area is 117 Å². The van der Waals surface area contributed by atoms with E-state index in [1.165, 1.54) is 0 Å². The van der Waals surface area contributed by atoms with Crippen LogP contribution < -0.4 is 5.32 Å². The Hall–Kier alpha value is -1.03. The van der Waals surface area contributed by atoms with Gasteiger partial charge in [-0.25, -0.2) is 0 Å². The minimum absolute atomic E-state index is 0.673. The number of aromatic nitrogens is 2. The minimum atomic E-state index is 0.673. The molecule has 3 nitrogen and oxygen atoms in total. The summed E-state index contributed by atoms with van der Waals surface area (Å²) in [7, 11) is 1.94. The van der Waals surface area contributed by atoms with E-state index < -0.39 is 0 Å². The molecule has 0 aliphatic carbocycles. The van der Waals surface area contributed by atoms with Crippen LogP contribution in [0.2, 0.25) is 10.0 Å². The van der Waals surface area contributed by atoms with E-state index in [2.05, 4.69) is 10.4 Å². The zero-order valence-electron chi connectivity index (χ0n) is 10.2. The van der Waals surface area contributed by atoms with Gasteiger partial charge in [-0.05, 0) is 36.7 Å². The van der Waals surface area contributed by atoms with Gasteiger partial charge in [0, 0.05) is 29.8 Å². The van der Waals surface area contributed by atoms with Crippen molar-refractivity contribution in [2.45, 2.75) is 13.0 Å². The zero-order valence-corrected chi connectivity index (χ0v) is 11.7. The first kappa shape index (κ1) is 13.4. The quantitative estimate of drug-likeness (QED) is 0.855. The molecule has 0 bridgehead atoms. The summed E-state index contributed by atoms with van der Waals surface area (Å²) < 4.78 is 1.86. The van der Waals surface area contributed by atoms with Crippen molar-refractivity contribution < 1.29 is 0 Å². The summed E-state index contributed by atoms with van der Waals surface area (Å²) in [5.74, 6) is 0. The van der Waals surface area contributed by atoms with Crippen LogP contribution in [0.3, 0.4) is 0 Å². The largest absolute Gasteiger partial charge is 0.311 e. The maximum Gasteiger partial charge on any atom is 0.0518 e. The molecule has 2 rings (SSSR count). The lowest BCUT2D eigenvalue weighted by atomic mass is 10.1. The first-order chi connectivity index (χ1) is 8.66. The van der Waals surface area contributed by atoms with Crippen LogP contribution in [0.25, 0.3) is 0 Å². The molecular weight excluding hydrogens is 269 g/mol. The molecule has 18 heavy (non-hydrogen) atoms. The van der Waals surface area contributed by atoms with Crippen molar-refractivity contribution in [3.05, 3.63) is 51.8 Å². The molecule has 2 aromatic rings. The van der Waals surface area contributed by atoms with Gasteiger partial charge in [0.15, 0.2) is 0 Å². The molecule has 0 aliphatic heterocycles. The van der Waals surface area contributed by atoms with E-state index >= 15 is 0 Å². The first-order valence-corrected chi connectivity index (χ1v) is 6.54. The fraction of sp³-hybridized carbons (Fsp3) is 0.308. The van der Waals surface area contributed by atoms with Crippen molar-refractivity contribution in [1.82, 2.24) is 15.1 Å². The van der Waals surface area contributed by atoms with E-state index in [4.69, 9.17) is 23.2 Å². The fourth-order valence-electron chi connectivity index (χ4n) is 1.74. The Balaban J connectivity index is 1.80. The van der Waals surface area contributed by atoms with Gasteiger partial charge in [0.05, 0.1) is 5.69 Å². The molecule has 0 spiro atoms. The molecule has 0 fully saturated rings. The number of nitrogens with one attached hydrogen (secondary N) is 1. The topological polar surface area (TPSA) is 29.9 Å². The molecule has 0 aliphatic rings. The number of halogens is 2. The van der Waals surface area contributed by atoms with Gasteiger partial charge in [0.25, 0.3) is 0 Å². The number of hydrogen-bond acceptors (Lipinski definition) is 2. The zero-order chi connectivity index (χ0) is 13.0. The van der Waals surface area contributed by atoms with Crippen LogP contribution in [0.1, 0.15) is 11.3 Å². The number of rotatable bonds is 5. The van der Waals surface area contributed by atoms with Crippen LogP contribution >= 0.6 is 23.2 Å². The predicted octanol–water partition coefficient (Wildman–Crippen LogP) is 3.06. The molecule has 96 valence electrons. The van der Waals surface area contributed by atoms with Crippen LogP contribution in [-0.4, -0.2) is 16.3 Å². The summed E-state index contributed by atoms with van der Waals surface area (Å²) in [5, 5.41) is 8.88. The highest BCUT2D eigenvalue weighted by Crippen LogP contribution is 2.21. The smallest absolute Gasteiger partial charge is 0.0518 e. The molecule has 0 saturated heterocycles. The Morgan fingerprint density at radius 1 is 1.28 bits per heavy atom. The second-order valence-corrected chi connectivity index (χ2v) is 4.95. The number of hydrogen-bond donors (Lipinski definition) is 1. The highest BCUT2D eigenvalue weighted by atomic mass is 35.5. The van der Waals surface area contributed by atoms with Crippen molar-refractivity contribution in [2.24, 2.45) is 7.05 Å². The Morgan fingerprint density at radius 2 is 2.11 bits per heavy atom. The van der Waals surface area contributed by atoms with Gasteiger partial charge in [0.1, 0.15) is 0 Å². The van der Waals surface area contributed by atoms with Crippen LogP contribution in [0.15, 0.2) is 30.5 Å². The summed E-state index contributed by atoms with van der Waals surface area (Å²) in [6, 6.07) is 7.61. The van der Waals surface area contributed by atoms with E-state index in [0.29, 0.717) is 5.02 Å². The van der Waals surface area contributed by atoms with Crippen LogP contribution in [0.5, 0.6) is 0 Å². The second kappa shape index (κ2) is 6.23. The maximum atomic E-state index is 6.11. The molecule has 1 heterocycles. The Bertz CT molecular complexity index is 523. The number of nitrogens with zero attached hydrogens (tertiary/aromatic N) is 2. The molecule has 0 unspecified atom stereocenters. The van der Waals surface area contributed by atoms with E-state index in [9.17, 15) is 0 Å². The monoisotopic (exact) mass is 283 g/mol. The first-order valence-electron chi connectivity index (χ1n) is 5.78. The third-order valence-electron chi connectivity index (χ3n) is 2.81. The molecule has 1 aromatic carbocycles. The van der Waals surface area contributed by atoms with Gasteiger partial charge in [-0.15, -0.1) is 0 Å². The third kappa shape index (κ3) is 3.48. The summed E-state index contributed by atoms with van der Waals surface area (Å²) >= 11 is 12.0. The molecule has 0 saturated carbocycles. The molecule has 0 atom stereocenters. The van der Waals surface area contributed by atoms with Gasteiger partial charge >= 0.3 is 0 Å². The Kier molecular flexibility index (Phi) is 4.64. The van der Waals surface area contributed by atoms with Crippen molar-refractivity contribution in [3.63, 3.8) is 0 Å². The van der Waals surface area contributed by atoms with Gasteiger partial charge < -0.3 is 5.32 Å². The van der Waals surface area contributed by atoms with E-state index in [-0.39, 0.29) is 0 Å². The van der Waals surface area contributed by atoms with Crippen LogP contribution in [0.4, 0.5) is 0 Å². The minimum Gasteiger partial charge on any atom is -0.311 e. The van der Waals surface area contributed by atoms with Crippen molar-refractivity contribution >= 4 is 23.2 Å². The maximum absolute atomic E-state index is 6.11. The average molecular weight is 284 g/mol. The van der Waals surface area contributed by atoms with Gasteiger partial charge in [-0.3, -0.25) is 4.68 Å². The number of aryl methyl sites for hydroxylation is 1. The number of benzene rings is 1. The van der Waals surface area contributed by atoms with Gasteiger partial charge in [0.2, 0.25) is 0 Å². The van der Waals surface area contributed by atoms with E-state index in [1.54, 1.807) is 12.3 Å². The molecule has 0 amide bonds. The summed E-state index contributed by atoms with van der Waals surface area (Å²) in [5.41, 5.74) is 2.27. The van der Waals surface area contributed by atoms with Crippen molar-refractivity contribution in [3.8, 4) is 0 Å². The van der Waals surface area contributed by atoms with E-state index in [0.717, 1.165) is 35.8 Å². The van der Waals surface area contributed by atoms with Crippen molar-refractivity contribution in [1.29, 1.82) is 0 Å². The standard InChI is InChI=1S/C13H15Cl2N3/c1-18-12(5-7-17-18)9-16-6-4-10-2-3-11(14)8-13(10)15/h2-3,5,7-8,16H,4,6,9H2,1H3. The highest BCUT2D eigenvalue weighted by molar-refractivity contribution is 6.35. The summed E-state index contributed by atoms with van der Waals surface area (Å²) in [6.45, 7) is 1.67. The predicted molar refractivity (Wildman–Crippen MR) is 75.1 cm³/mol. The average Bonchev–Trinajstić information content (AvgIpc) is 2.73. The fourth-order valence-corrected chi connectivity index (χ4v) is 2.24. The molecule has 1 N–H and O–H groups in total.